The van der Waals surface area contributed by atoms with Crippen molar-refractivity contribution in [2.75, 3.05) is 6.86 Å². The zero-order chi connectivity index (χ0) is 21.1. The fraction of sp³-hybridized carbons (Fsp3) is 0.286. The third kappa shape index (κ3) is 7.61. The first kappa shape index (κ1) is 21.9. The number of carbonyl (C=O) groups excluding carboxylic acids is 3. The van der Waals surface area contributed by atoms with Gasteiger partial charge < -0.3 is 20.1 Å². The van der Waals surface area contributed by atoms with Gasteiger partial charge in [-0.05, 0) is 18.1 Å². The molecule has 0 unspecified atom stereocenters. The highest BCUT2D eigenvalue weighted by atomic mass is 19.1. The zero-order valence-electron chi connectivity index (χ0n) is 16.0. The quantitative estimate of drug-likeness (QED) is 0.629. The SMILES string of the molecule is C[C@H](NC(=O)OCc1ccccc1)C(=O)N[C@@H](Cc1ccccc1)C(=O)OCF. The van der Waals surface area contributed by atoms with E-state index in [0.717, 1.165) is 11.1 Å². The third-order valence-electron chi connectivity index (χ3n) is 4.02. The van der Waals surface area contributed by atoms with Gasteiger partial charge in [0.1, 0.15) is 18.7 Å². The first-order chi connectivity index (χ1) is 14.0. The molecule has 0 spiro atoms. The summed E-state index contributed by atoms with van der Waals surface area (Å²) in [4.78, 5) is 36.3. The summed E-state index contributed by atoms with van der Waals surface area (Å²) in [6, 6.07) is 15.9. The lowest BCUT2D eigenvalue weighted by Crippen LogP contribution is -2.51. The maximum absolute atomic E-state index is 12.4. The number of hydrogen-bond donors (Lipinski definition) is 2. The van der Waals surface area contributed by atoms with Gasteiger partial charge in [-0.2, -0.15) is 0 Å². The Balaban J connectivity index is 1.89. The Hall–Kier alpha value is -3.42. The van der Waals surface area contributed by atoms with Crippen LogP contribution in [0.3, 0.4) is 0 Å². The average molecular weight is 402 g/mol. The van der Waals surface area contributed by atoms with Gasteiger partial charge in [-0.1, -0.05) is 60.7 Å². The highest BCUT2D eigenvalue weighted by molar-refractivity contribution is 5.89. The molecule has 2 atom stereocenters. The molecular weight excluding hydrogens is 379 g/mol. The molecule has 2 rings (SSSR count). The Morgan fingerprint density at radius 1 is 0.897 bits per heavy atom. The van der Waals surface area contributed by atoms with Crippen LogP contribution in [0, 0.1) is 0 Å². The summed E-state index contributed by atoms with van der Waals surface area (Å²) in [6.45, 7) is 0.208. The summed E-state index contributed by atoms with van der Waals surface area (Å²) in [5.74, 6) is -1.53. The van der Waals surface area contributed by atoms with E-state index >= 15 is 0 Å². The first-order valence-electron chi connectivity index (χ1n) is 9.03. The van der Waals surface area contributed by atoms with Crippen molar-refractivity contribution in [3.63, 3.8) is 0 Å². The molecule has 0 fully saturated rings. The van der Waals surface area contributed by atoms with Crippen molar-refractivity contribution in [3.8, 4) is 0 Å². The molecule has 2 amide bonds. The second kappa shape index (κ2) is 11.4. The molecule has 0 bridgehead atoms. The van der Waals surface area contributed by atoms with Gasteiger partial charge in [0, 0.05) is 6.42 Å². The van der Waals surface area contributed by atoms with Crippen LogP contribution in [0.25, 0.3) is 0 Å². The maximum Gasteiger partial charge on any atom is 0.408 e. The summed E-state index contributed by atoms with van der Waals surface area (Å²) in [5.41, 5.74) is 1.56. The Bertz CT molecular complexity index is 801. The van der Waals surface area contributed by atoms with Crippen molar-refractivity contribution in [1.29, 1.82) is 0 Å². The molecule has 2 aromatic carbocycles. The van der Waals surface area contributed by atoms with Crippen molar-refractivity contribution in [2.45, 2.75) is 32.0 Å². The number of esters is 1. The summed E-state index contributed by atoms with van der Waals surface area (Å²) < 4.78 is 21.9. The number of benzene rings is 2. The predicted molar refractivity (Wildman–Crippen MR) is 103 cm³/mol. The van der Waals surface area contributed by atoms with Gasteiger partial charge in [-0.15, -0.1) is 0 Å². The second-order valence-electron chi connectivity index (χ2n) is 6.25. The minimum absolute atomic E-state index is 0.0560. The molecular formula is C21H23FN2O5. The third-order valence-corrected chi connectivity index (χ3v) is 4.02. The van der Waals surface area contributed by atoms with Crippen molar-refractivity contribution in [2.24, 2.45) is 0 Å². The minimum atomic E-state index is -1.29. The Kier molecular flexibility index (Phi) is 8.62. The number of halogens is 1. The molecule has 154 valence electrons. The van der Waals surface area contributed by atoms with E-state index in [9.17, 15) is 18.8 Å². The number of alkyl halides is 1. The van der Waals surface area contributed by atoms with E-state index in [1.54, 1.807) is 36.4 Å². The van der Waals surface area contributed by atoms with E-state index in [-0.39, 0.29) is 13.0 Å². The Labute approximate surface area is 168 Å². The van der Waals surface area contributed by atoms with E-state index in [2.05, 4.69) is 15.4 Å². The molecule has 0 aliphatic heterocycles. The Morgan fingerprint density at radius 2 is 1.48 bits per heavy atom. The fourth-order valence-corrected chi connectivity index (χ4v) is 2.50. The van der Waals surface area contributed by atoms with Crippen LogP contribution >= 0.6 is 0 Å². The van der Waals surface area contributed by atoms with Crippen molar-refractivity contribution >= 4 is 18.0 Å². The first-order valence-corrected chi connectivity index (χ1v) is 9.03. The number of alkyl carbamates (subject to hydrolysis) is 1. The van der Waals surface area contributed by atoms with Crippen LogP contribution in [0.1, 0.15) is 18.1 Å². The molecule has 0 saturated heterocycles. The topological polar surface area (TPSA) is 93.7 Å². The molecule has 0 aliphatic rings. The molecule has 0 saturated carbocycles. The lowest BCUT2D eigenvalue weighted by Gasteiger charge is -2.20. The van der Waals surface area contributed by atoms with Gasteiger partial charge in [-0.3, -0.25) is 4.79 Å². The minimum Gasteiger partial charge on any atom is -0.445 e. The van der Waals surface area contributed by atoms with Crippen molar-refractivity contribution in [3.05, 3.63) is 71.8 Å². The van der Waals surface area contributed by atoms with Gasteiger partial charge >= 0.3 is 12.1 Å². The smallest absolute Gasteiger partial charge is 0.408 e. The Morgan fingerprint density at radius 3 is 2.07 bits per heavy atom. The van der Waals surface area contributed by atoms with E-state index in [1.807, 2.05) is 24.3 Å². The molecule has 0 aliphatic carbocycles. The molecule has 8 heteroatoms. The number of nitrogens with one attached hydrogen (secondary N) is 2. The van der Waals surface area contributed by atoms with E-state index in [0.29, 0.717) is 0 Å². The van der Waals surface area contributed by atoms with E-state index in [1.165, 1.54) is 6.92 Å². The van der Waals surface area contributed by atoms with Gasteiger partial charge in [-0.25, -0.2) is 14.0 Å². The van der Waals surface area contributed by atoms with Crippen molar-refractivity contribution in [1.82, 2.24) is 10.6 Å². The number of hydrogen-bond acceptors (Lipinski definition) is 5. The van der Waals surface area contributed by atoms with Crippen LogP contribution < -0.4 is 10.6 Å². The molecule has 2 N–H and O–H groups in total. The lowest BCUT2D eigenvalue weighted by molar-refractivity contribution is -0.151. The average Bonchev–Trinajstić information content (AvgIpc) is 2.73. The van der Waals surface area contributed by atoms with Gasteiger partial charge in [0.25, 0.3) is 0 Å². The monoisotopic (exact) mass is 402 g/mol. The van der Waals surface area contributed by atoms with Crippen LogP contribution in [0.4, 0.5) is 9.18 Å². The molecule has 0 aromatic heterocycles. The summed E-state index contributed by atoms with van der Waals surface area (Å²) in [6.07, 6.45) is -0.654. The summed E-state index contributed by atoms with van der Waals surface area (Å²) in [5, 5.41) is 4.87. The van der Waals surface area contributed by atoms with Crippen LogP contribution in [0.5, 0.6) is 0 Å². The molecule has 2 aromatic rings. The van der Waals surface area contributed by atoms with Gasteiger partial charge in [0.15, 0.2) is 0 Å². The van der Waals surface area contributed by atoms with Crippen LogP contribution in [0.15, 0.2) is 60.7 Å². The summed E-state index contributed by atoms with van der Waals surface area (Å²) >= 11 is 0. The van der Waals surface area contributed by atoms with Crippen LogP contribution in [-0.2, 0) is 32.1 Å². The largest absolute Gasteiger partial charge is 0.445 e. The second-order valence-corrected chi connectivity index (χ2v) is 6.25. The molecule has 29 heavy (non-hydrogen) atoms. The molecule has 0 radical (unpaired) electrons. The van der Waals surface area contributed by atoms with Crippen LogP contribution in [0.2, 0.25) is 0 Å². The highest BCUT2D eigenvalue weighted by Gasteiger charge is 2.26. The van der Waals surface area contributed by atoms with Crippen LogP contribution in [-0.4, -0.2) is 36.9 Å². The highest BCUT2D eigenvalue weighted by Crippen LogP contribution is 2.06. The number of amides is 2. The van der Waals surface area contributed by atoms with Gasteiger partial charge in [0.05, 0.1) is 0 Å². The molecule has 0 heterocycles. The number of ether oxygens (including phenoxy) is 2. The normalized spacial score (nSPS) is 12.3. The molecule has 7 nitrogen and oxygen atoms in total. The fourth-order valence-electron chi connectivity index (χ4n) is 2.50. The maximum atomic E-state index is 12.4. The lowest BCUT2D eigenvalue weighted by atomic mass is 10.1. The van der Waals surface area contributed by atoms with E-state index in [4.69, 9.17) is 4.74 Å². The van der Waals surface area contributed by atoms with Gasteiger partial charge in [0.2, 0.25) is 12.8 Å². The summed E-state index contributed by atoms with van der Waals surface area (Å²) in [7, 11) is 0. The number of rotatable bonds is 9. The van der Waals surface area contributed by atoms with E-state index < -0.39 is 36.9 Å². The number of carbonyl (C=O) groups is 3. The van der Waals surface area contributed by atoms with Crippen molar-refractivity contribution < 1.29 is 28.2 Å². The standard InChI is InChI=1S/C21H23FN2O5/c1-15(23-21(27)28-13-17-10-6-3-7-11-17)19(25)24-18(20(26)29-14-22)12-16-8-4-2-5-9-16/h2-11,15,18H,12-14H2,1H3,(H,23,27)(H,24,25)/t15-,18-/m0/s1. The predicted octanol–water partition coefficient (Wildman–Crippen LogP) is 2.50. The zero-order valence-corrected chi connectivity index (χ0v) is 16.0.